The average Bonchev–Trinajstić information content (AvgIpc) is 3.21. The number of hydrogen-bond donors (Lipinski definition) is 0. The molecular formula is C24H20FN3O2S. The predicted molar refractivity (Wildman–Crippen MR) is 120 cm³/mol. The molecule has 31 heavy (non-hydrogen) atoms. The van der Waals surface area contributed by atoms with Crippen LogP contribution in [0.2, 0.25) is 0 Å². The number of aryl methyl sites for hydroxylation is 1. The molecule has 4 aromatic rings. The van der Waals surface area contributed by atoms with Crippen molar-refractivity contribution in [2.75, 3.05) is 12.9 Å². The van der Waals surface area contributed by atoms with E-state index in [1.807, 2.05) is 31.2 Å². The van der Waals surface area contributed by atoms with Gasteiger partial charge in [0.25, 0.3) is 0 Å². The maximum absolute atomic E-state index is 14.5. The Morgan fingerprint density at radius 2 is 1.81 bits per heavy atom. The quantitative estimate of drug-likeness (QED) is 0.290. The normalized spacial score (nSPS) is 10.8. The van der Waals surface area contributed by atoms with Gasteiger partial charge in [-0.2, -0.15) is 0 Å². The molecule has 0 aliphatic heterocycles. The first kappa shape index (κ1) is 20.8. The van der Waals surface area contributed by atoms with Crippen LogP contribution in [0, 0.1) is 12.7 Å². The zero-order valence-electron chi connectivity index (χ0n) is 17.1. The van der Waals surface area contributed by atoms with E-state index >= 15 is 0 Å². The van der Waals surface area contributed by atoms with Crippen LogP contribution in [0.5, 0.6) is 5.75 Å². The molecule has 5 nitrogen and oxygen atoms in total. The highest BCUT2D eigenvalue weighted by Crippen LogP contribution is 2.31. The molecule has 0 bridgehead atoms. The first-order valence-corrected chi connectivity index (χ1v) is 10.6. The highest BCUT2D eigenvalue weighted by Gasteiger charge is 2.20. The summed E-state index contributed by atoms with van der Waals surface area (Å²) in [7, 11) is 1.56. The van der Waals surface area contributed by atoms with Crippen LogP contribution >= 0.6 is 11.8 Å². The number of hydrogen-bond acceptors (Lipinski definition) is 5. The number of ether oxygens (including phenoxy) is 1. The van der Waals surface area contributed by atoms with Crippen molar-refractivity contribution in [1.29, 1.82) is 0 Å². The second kappa shape index (κ2) is 9.14. The number of para-hydroxylation sites is 1. The molecule has 1 heterocycles. The zero-order valence-corrected chi connectivity index (χ0v) is 17.9. The number of thioether (sulfide) groups is 1. The van der Waals surface area contributed by atoms with Crippen LogP contribution in [-0.2, 0) is 0 Å². The molecule has 0 radical (unpaired) electrons. The summed E-state index contributed by atoms with van der Waals surface area (Å²) in [5.41, 5.74) is 2.73. The Morgan fingerprint density at radius 3 is 2.58 bits per heavy atom. The van der Waals surface area contributed by atoms with Crippen molar-refractivity contribution in [3.8, 4) is 22.8 Å². The highest BCUT2D eigenvalue weighted by molar-refractivity contribution is 7.99. The van der Waals surface area contributed by atoms with Gasteiger partial charge >= 0.3 is 0 Å². The van der Waals surface area contributed by atoms with Crippen LogP contribution in [0.15, 0.2) is 78.0 Å². The lowest BCUT2D eigenvalue weighted by atomic mass is 10.1. The van der Waals surface area contributed by atoms with E-state index in [4.69, 9.17) is 4.74 Å². The third kappa shape index (κ3) is 4.36. The number of nitrogens with zero attached hydrogens (tertiary/aromatic N) is 3. The molecule has 0 saturated carbocycles. The van der Waals surface area contributed by atoms with Gasteiger partial charge in [-0.15, -0.1) is 10.2 Å². The molecule has 1 aromatic heterocycles. The molecule has 0 amide bonds. The van der Waals surface area contributed by atoms with Crippen molar-refractivity contribution < 1.29 is 13.9 Å². The Balaban J connectivity index is 1.70. The number of benzene rings is 3. The lowest BCUT2D eigenvalue weighted by Crippen LogP contribution is -2.06. The minimum atomic E-state index is -0.381. The summed E-state index contributed by atoms with van der Waals surface area (Å²) in [6.45, 7) is 1.97. The lowest BCUT2D eigenvalue weighted by Gasteiger charge is -2.13. The van der Waals surface area contributed by atoms with Crippen molar-refractivity contribution in [2.24, 2.45) is 0 Å². The standard InChI is InChI=1S/C24H20FN3O2S/c1-16-8-3-6-13-21(16)28-23(19-11-4-5-12-20(19)25)26-27-24(28)31-15-22(29)17-9-7-10-18(14-17)30-2/h3-14H,15H2,1-2H3. The van der Waals surface area contributed by atoms with Gasteiger partial charge < -0.3 is 4.74 Å². The highest BCUT2D eigenvalue weighted by atomic mass is 32.2. The van der Waals surface area contributed by atoms with E-state index < -0.39 is 0 Å². The van der Waals surface area contributed by atoms with E-state index in [9.17, 15) is 9.18 Å². The van der Waals surface area contributed by atoms with Crippen LogP contribution in [-0.4, -0.2) is 33.4 Å². The fourth-order valence-electron chi connectivity index (χ4n) is 3.22. The summed E-state index contributed by atoms with van der Waals surface area (Å²) in [5.74, 6) is 0.739. The van der Waals surface area contributed by atoms with Crippen LogP contribution in [0.4, 0.5) is 4.39 Å². The fraction of sp³-hybridized carbons (Fsp3) is 0.125. The van der Waals surface area contributed by atoms with Crippen molar-refractivity contribution in [3.05, 3.63) is 89.7 Å². The Labute approximate surface area is 183 Å². The van der Waals surface area contributed by atoms with Gasteiger partial charge in [-0.1, -0.05) is 54.2 Å². The summed E-state index contributed by atoms with van der Waals surface area (Å²) >= 11 is 1.26. The van der Waals surface area contributed by atoms with E-state index in [2.05, 4.69) is 10.2 Å². The summed E-state index contributed by atoms with van der Waals surface area (Å²) in [4.78, 5) is 12.7. The van der Waals surface area contributed by atoms with Gasteiger partial charge in [-0.25, -0.2) is 4.39 Å². The van der Waals surface area contributed by atoms with Crippen LogP contribution in [0.25, 0.3) is 17.1 Å². The van der Waals surface area contributed by atoms with E-state index in [1.54, 1.807) is 54.1 Å². The summed E-state index contributed by atoms with van der Waals surface area (Å²) in [5, 5.41) is 9.06. The maximum atomic E-state index is 14.5. The molecule has 156 valence electrons. The molecule has 7 heteroatoms. The average molecular weight is 434 g/mol. The van der Waals surface area contributed by atoms with E-state index in [-0.39, 0.29) is 17.4 Å². The van der Waals surface area contributed by atoms with Gasteiger partial charge in [0.05, 0.1) is 24.1 Å². The smallest absolute Gasteiger partial charge is 0.196 e. The Kier molecular flexibility index (Phi) is 6.13. The summed E-state index contributed by atoms with van der Waals surface area (Å²) < 4.78 is 21.5. The molecule has 0 saturated heterocycles. The molecule has 0 spiro atoms. The molecule has 0 unspecified atom stereocenters. The second-order valence-corrected chi connectivity index (χ2v) is 7.79. The first-order chi connectivity index (χ1) is 15.1. The number of carbonyl (C=O) groups excluding carboxylic acids is 1. The molecule has 0 aliphatic carbocycles. The SMILES string of the molecule is COc1cccc(C(=O)CSc2nnc(-c3ccccc3F)n2-c2ccccc2C)c1. The lowest BCUT2D eigenvalue weighted by molar-refractivity contribution is 0.102. The van der Waals surface area contributed by atoms with E-state index in [1.165, 1.54) is 17.8 Å². The monoisotopic (exact) mass is 433 g/mol. The second-order valence-electron chi connectivity index (χ2n) is 6.85. The fourth-order valence-corrected chi connectivity index (χ4v) is 4.06. The number of methoxy groups -OCH3 is 1. The molecule has 0 N–H and O–H groups in total. The number of ketones is 1. The maximum Gasteiger partial charge on any atom is 0.196 e. The van der Waals surface area contributed by atoms with Crippen molar-refractivity contribution in [3.63, 3.8) is 0 Å². The van der Waals surface area contributed by atoms with Crippen molar-refractivity contribution >= 4 is 17.5 Å². The molecule has 0 fully saturated rings. The first-order valence-electron chi connectivity index (χ1n) is 9.65. The molecule has 4 rings (SSSR count). The number of halogens is 1. The summed E-state index contributed by atoms with van der Waals surface area (Å²) in [6, 6.07) is 21.2. The van der Waals surface area contributed by atoms with Gasteiger partial charge in [0.2, 0.25) is 0 Å². The Hall–Kier alpha value is -3.45. The number of aromatic nitrogens is 3. The Morgan fingerprint density at radius 1 is 1.03 bits per heavy atom. The van der Waals surface area contributed by atoms with E-state index in [0.717, 1.165) is 11.3 Å². The minimum absolute atomic E-state index is 0.0596. The molecule has 0 atom stereocenters. The number of carbonyl (C=O) groups is 1. The van der Waals surface area contributed by atoms with Crippen LogP contribution in [0.1, 0.15) is 15.9 Å². The number of Topliss-reactive ketones (excluding diaryl/α,β-unsaturated/α-hetero) is 1. The molecule has 3 aromatic carbocycles. The Bertz CT molecular complexity index is 1240. The van der Waals surface area contributed by atoms with Gasteiger partial charge in [0.1, 0.15) is 11.6 Å². The van der Waals surface area contributed by atoms with Gasteiger partial charge in [-0.3, -0.25) is 9.36 Å². The van der Waals surface area contributed by atoms with Crippen molar-refractivity contribution in [2.45, 2.75) is 12.1 Å². The molecular weight excluding hydrogens is 413 g/mol. The van der Waals surface area contributed by atoms with Gasteiger partial charge in [-0.05, 0) is 42.8 Å². The van der Waals surface area contributed by atoms with Gasteiger partial charge in [0.15, 0.2) is 16.8 Å². The topological polar surface area (TPSA) is 57.0 Å². The third-order valence-corrected chi connectivity index (χ3v) is 5.76. The minimum Gasteiger partial charge on any atom is -0.497 e. The van der Waals surface area contributed by atoms with Crippen molar-refractivity contribution in [1.82, 2.24) is 14.8 Å². The van der Waals surface area contributed by atoms with Crippen LogP contribution in [0.3, 0.4) is 0 Å². The predicted octanol–water partition coefficient (Wildman–Crippen LogP) is 5.37. The summed E-state index contributed by atoms with van der Waals surface area (Å²) in [6.07, 6.45) is 0. The largest absolute Gasteiger partial charge is 0.497 e. The third-order valence-electron chi connectivity index (χ3n) is 4.83. The zero-order chi connectivity index (χ0) is 21.8. The van der Waals surface area contributed by atoms with Crippen LogP contribution < -0.4 is 4.74 Å². The van der Waals surface area contributed by atoms with Gasteiger partial charge in [0, 0.05) is 5.56 Å². The van der Waals surface area contributed by atoms with E-state index in [0.29, 0.717) is 27.9 Å². The number of rotatable bonds is 7. The molecule has 0 aliphatic rings.